The van der Waals surface area contributed by atoms with Crippen LogP contribution in [-0.2, 0) is 6.54 Å². The highest BCUT2D eigenvalue weighted by Gasteiger charge is 2.17. The molecule has 10 heteroatoms. The second-order valence-electron chi connectivity index (χ2n) is 6.67. The van der Waals surface area contributed by atoms with Gasteiger partial charge < -0.3 is 27.5 Å². The first kappa shape index (κ1) is 20.2. The van der Waals surface area contributed by atoms with Gasteiger partial charge in [0.05, 0.1) is 23.0 Å². The summed E-state index contributed by atoms with van der Waals surface area (Å²) in [5.41, 5.74) is 19.9. The summed E-state index contributed by atoms with van der Waals surface area (Å²) >= 11 is 1.17. The van der Waals surface area contributed by atoms with Crippen LogP contribution >= 0.6 is 11.8 Å². The summed E-state index contributed by atoms with van der Waals surface area (Å²) in [6.07, 6.45) is 3.24. The van der Waals surface area contributed by atoms with Crippen LogP contribution in [0.2, 0.25) is 0 Å². The smallest absolute Gasteiger partial charge is 0.274 e. The van der Waals surface area contributed by atoms with Crippen LogP contribution < -0.4 is 22.5 Å². The molecule has 9 nitrogen and oxygen atoms in total. The van der Waals surface area contributed by atoms with Gasteiger partial charge in [-0.2, -0.15) is 0 Å². The second-order valence-corrected chi connectivity index (χ2v) is 7.73. The molecular formula is C21H19N7O2S. The van der Waals surface area contributed by atoms with Crippen molar-refractivity contribution < 1.29 is 9.59 Å². The average molecular weight is 433 g/mol. The molecule has 0 spiro atoms. The zero-order chi connectivity index (χ0) is 22.0. The van der Waals surface area contributed by atoms with Gasteiger partial charge in [-0.15, -0.1) is 0 Å². The van der Waals surface area contributed by atoms with Crippen LogP contribution in [0.25, 0.3) is 10.9 Å². The Morgan fingerprint density at radius 2 is 1.90 bits per heavy atom. The molecule has 8 N–H and O–H groups in total. The number of benzene rings is 2. The van der Waals surface area contributed by atoms with Gasteiger partial charge in [0.15, 0.2) is 11.5 Å². The number of carbonyl (C=O) groups is 2. The van der Waals surface area contributed by atoms with Gasteiger partial charge in [0.2, 0.25) is 5.91 Å². The van der Waals surface area contributed by atoms with Gasteiger partial charge in [-0.3, -0.25) is 9.59 Å². The maximum atomic E-state index is 12.7. The number of nitrogen functional groups attached to an aromatic ring is 2. The molecule has 31 heavy (non-hydrogen) atoms. The van der Waals surface area contributed by atoms with Crippen molar-refractivity contribution in [2.24, 2.45) is 5.73 Å². The number of H-pyrrole nitrogens is 1. The van der Waals surface area contributed by atoms with Crippen molar-refractivity contribution >= 4 is 46.0 Å². The molecule has 0 unspecified atom stereocenters. The first-order chi connectivity index (χ1) is 14.9. The number of nitrogens with one attached hydrogen (secondary N) is 2. The number of primary amides is 1. The minimum absolute atomic E-state index is 0.000844. The lowest BCUT2D eigenvalue weighted by molar-refractivity contribution is 0.0944. The summed E-state index contributed by atoms with van der Waals surface area (Å²) in [6.45, 7) is 0.255. The molecule has 2 heterocycles. The molecule has 0 aliphatic heterocycles. The number of amides is 2. The zero-order valence-electron chi connectivity index (χ0n) is 16.3. The highest BCUT2D eigenvalue weighted by atomic mass is 32.2. The lowest BCUT2D eigenvalue weighted by atomic mass is 10.1. The Labute approximate surface area is 181 Å². The van der Waals surface area contributed by atoms with Gasteiger partial charge in [-0.25, -0.2) is 9.97 Å². The number of aromatic amines is 1. The zero-order valence-corrected chi connectivity index (χ0v) is 17.1. The molecule has 0 aliphatic carbocycles. The fourth-order valence-electron chi connectivity index (χ4n) is 3.11. The summed E-state index contributed by atoms with van der Waals surface area (Å²) < 4.78 is 0. The summed E-state index contributed by atoms with van der Waals surface area (Å²) in [5.74, 6) is -1.01. The number of carbonyl (C=O) groups excluding carboxylic acids is 2. The monoisotopic (exact) mass is 433 g/mol. The molecule has 2 amide bonds. The number of para-hydroxylation sites is 1. The lowest BCUT2D eigenvalue weighted by Crippen LogP contribution is -2.25. The van der Waals surface area contributed by atoms with Gasteiger partial charge in [0.1, 0.15) is 5.03 Å². The Hall–Kier alpha value is -4.05. The van der Waals surface area contributed by atoms with E-state index in [9.17, 15) is 9.59 Å². The summed E-state index contributed by atoms with van der Waals surface area (Å²) in [6, 6.07) is 12.4. The number of nitrogens with zero attached hydrogens (tertiary/aromatic N) is 2. The lowest BCUT2D eigenvalue weighted by Gasteiger charge is -2.09. The van der Waals surface area contributed by atoms with E-state index in [4.69, 9.17) is 17.2 Å². The third kappa shape index (κ3) is 4.14. The predicted molar refractivity (Wildman–Crippen MR) is 119 cm³/mol. The van der Waals surface area contributed by atoms with E-state index in [2.05, 4.69) is 20.3 Å². The number of hydrogen-bond donors (Lipinski definition) is 5. The SMILES string of the molecule is NC(=O)c1ccccc1Sc1cnc(N)c(C(=O)NCc2c[nH]c3c(N)cccc23)n1. The summed E-state index contributed by atoms with van der Waals surface area (Å²) in [7, 11) is 0. The largest absolute Gasteiger partial charge is 0.397 e. The van der Waals surface area contributed by atoms with E-state index in [-0.39, 0.29) is 18.1 Å². The Balaban J connectivity index is 1.53. The van der Waals surface area contributed by atoms with Crippen LogP contribution in [0.5, 0.6) is 0 Å². The molecule has 0 fully saturated rings. The molecular weight excluding hydrogens is 414 g/mol. The maximum Gasteiger partial charge on any atom is 0.274 e. The average Bonchev–Trinajstić information content (AvgIpc) is 3.18. The van der Waals surface area contributed by atoms with E-state index in [1.165, 1.54) is 18.0 Å². The Morgan fingerprint density at radius 1 is 1.10 bits per heavy atom. The van der Waals surface area contributed by atoms with Crippen molar-refractivity contribution in [1.82, 2.24) is 20.3 Å². The molecule has 4 aromatic rings. The van der Waals surface area contributed by atoms with Crippen LogP contribution in [-0.4, -0.2) is 26.8 Å². The van der Waals surface area contributed by atoms with Gasteiger partial charge in [-0.05, 0) is 23.8 Å². The van der Waals surface area contributed by atoms with Crippen LogP contribution in [0.4, 0.5) is 11.5 Å². The number of rotatable bonds is 6. The first-order valence-corrected chi connectivity index (χ1v) is 10.1. The van der Waals surface area contributed by atoms with Gasteiger partial charge >= 0.3 is 0 Å². The topological polar surface area (TPSA) is 166 Å². The third-order valence-corrected chi connectivity index (χ3v) is 5.62. The number of nitrogens with two attached hydrogens (primary N) is 3. The van der Waals surface area contributed by atoms with Crippen molar-refractivity contribution in [2.45, 2.75) is 16.5 Å². The molecule has 0 saturated carbocycles. The van der Waals surface area contributed by atoms with Crippen molar-refractivity contribution in [3.63, 3.8) is 0 Å². The van der Waals surface area contributed by atoms with E-state index in [0.717, 1.165) is 16.5 Å². The first-order valence-electron chi connectivity index (χ1n) is 9.26. The van der Waals surface area contributed by atoms with Crippen molar-refractivity contribution in [3.05, 3.63) is 71.7 Å². The maximum absolute atomic E-state index is 12.7. The predicted octanol–water partition coefficient (Wildman–Crippen LogP) is 2.30. The van der Waals surface area contributed by atoms with Gasteiger partial charge in [0, 0.05) is 23.0 Å². The van der Waals surface area contributed by atoms with Crippen LogP contribution in [0.15, 0.2) is 64.8 Å². The molecule has 0 saturated heterocycles. The minimum Gasteiger partial charge on any atom is -0.397 e. The fraction of sp³-hybridized carbons (Fsp3) is 0.0476. The van der Waals surface area contributed by atoms with E-state index >= 15 is 0 Å². The molecule has 4 rings (SSSR count). The normalized spacial score (nSPS) is 10.8. The number of hydrogen-bond acceptors (Lipinski definition) is 7. The summed E-state index contributed by atoms with van der Waals surface area (Å²) in [4.78, 5) is 36.5. The Bertz CT molecular complexity index is 1300. The highest BCUT2D eigenvalue weighted by Crippen LogP contribution is 2.29. The van der Waals surface area contributed by atoms with Crippen molar-refractivity contribution in [1.29, 1.82) is 0 Å². The molecule has 2 aromatic carbocycles. The fourth-order valence-corrected chi connectivity index (χ4v) is 4.00. The number of anilines is 2. The van der Waals surface area contributed by atoms with E-state index in [1.807, 2.05) is 12.1 Å². The second kappa shape index (κ2) is 8.36. The standard InChI is InChI=1S/C21H19N7O2S/c22-14-6-3-5-12-11(8-25-17(12)14)9-27-21(30)18-19(23)26-10-16(28-18)31-15-7-2-1-4-13(15)20(24)29/h1-8,10,25H,9,22H2,(H2,23,26)(H2,24,29)(H,27,30). The highest BCUT2D eigenvalue weighted by molar-refractivity contribution is 7.99. The number of fused-ring (bicyclic) bond motifs is 1. The van der Waals surface area contributed by atoms with Crippen LogP contribution in [0.1, 0.15) is 26.4 Å². The molecule has 156 valence electrons. The van der Waals surface area contributed by atoms with Gasteiger partial charge in [-0.1, -0.05) is 36.0 Å². The van der Waals surface area contributed by atoms with Gasteiger partial charge in [0.25, 0.3) is 5.91 Å². The van der Waals surface area contributed by atoms with E-state index in [1.54, 1.807) is 36.5 Å². The molecule has 0 aliphatic rings. The van der Waals surface area contributed by atoms with Crippen LogP contribution in [0, 0.1) is 0 Å². The molecule has 0 radical (unpaired) electrons. The summed E-state index contributed by atoms with van der Waals surface area (Å²) in [5, 5.41) is 4.14. The Morgan fingerprint density at radius 3 is 2.71 bits per heavy atom. The van der Waals surface area contributed by atoms with E-state index < -0.39 is 11.8 Å². The molecule has 2 aromatic heterocycles. The quantitative estimate of drug-likeness (QED) is 0.291. The molecule has 0 bridgehead atoms. The third-order valence-electron chi connectivity index (χ3n) is 4.63. The van der Waals surface area contributed by atoms with E-state index in [0.29, 0.717) is 21.2 Å². The van der Waals surface area contributed by atoms with Crippen molar-refractivity contribution in [2.75, 3.05) is 11.5 Å². The molecule has 0 atom stereocenters. The van der Waals surface area contributed by atoms with Crippen LogP contribution in [0.3, 0.4) is 0 Å². The Kier molecular flexibility index (Phi) is 5.46. The number of aromatic nitrogens is 3. The van der Waals surface area contributed by atoms with Crippen molar-refractivity contribution in [3.8, 4) is 0 Å². The minimum atomic E-state index is -0.552.